The number of methoxy groups -OCH3 is 1. The molecule has 0 heterocycles. The third-order valence-electron chi connectivity index (χ3n) is 2.74. The lowest BCUT2D eigenvalue weighted by atomic mass is 10.2. The van der Waals surface area contributed by atoms with Gasteiger partial charge in [0, 0.05) is 6.54 Å². The first-order valence-electron chi connectivity index (χ1n) is 6.99. The minimum atomic E-state index is -0.310. The van der Waals surface area contributed by atoms with Gasteiger partial charge in [-0.1, -0.05) is 18.2 Å². The lowest BCUT2D eigenvalue weighted by Gasteiger charge is -2.12. The normalized spacial score (nSPS) is 12.6. The lowest BCUT2D eigenvalue weighted by molar-refractivity contribution is 0.190. The summed E-state index contributed by atoms with van der Waals surface area (Å²) in [5.41, 5.74) is 1.09. The van der Waals surface area contributed by atoms with E-state index in [2.05, 4.69) is 5.32 Å². The third kappa shape index (κ3) is 6.08. The number of aliphatic hydroxyl groups is 1. The maximum atomic E-state index is 9.11. The van der Waals surface area contributed by atoms with Gasteiger partial charge >= 0.3 is 0 Å². The molecule has 1 atom stereocenters. The smallest absolute Gasteiger partial charge is 0.161 e. The zero-order chi connectivity index (χ0) is 14.8. The van der Waals surface area contributed by atoms with Crippen LogP contribution in [0.25, 0.3) is 6.08 Å². The molecule has 0 radical (unpaired) electrons. The van der Waals surface area contributed by atoms with Crippen LogP contribution in [-0.2, 0) is 0 Å². The summed E-state index contributed by atoms with van der Waals surface area (Å²) in [4.78, 5) is 0. The van der Waals surface area contributed by atoms with Gasteiger partial charge in [-0.25, -0.2) is 0 Å². The maximum Gasteiger partial charge on any atom is 0.161 e. The van der Waals surface area contributed by atoms with Gasteiger partial charge in [0.15, 0.2) is 11.5 Å². The molecule has 0 amide bonds. The third-order valence-corrected chi connectivity index (χ3v) is 2.74. The summed E-state index contributed by atoms with van der Waals surface area (Å²) >= 11 is 0. The van der Waals surface area contributed by atoms with Crippen LogP contribution in [0.2, 0.25) is 0 Å². The first-order valence-corrected chi connectivity index (χ1v) is 6.99. The molecule has 4 heteroatoms. The quantitative estimate of drug-likeness (QED) is 0.682. The first-order chi connectivity index (χ1) is 9.67. The average Bonchev–Trinajstić information content (AvgIpc) is 2.43. The molecule has 0 spiro atoms. The molecule has 112 valence electrons. The van der Waals surface area contributed by atoms with E-state index in [-0.39, 0.29) is 6.10 Å². The van der Waals surface area contributed by atoms with Gasteiger partial charge in [0.05, 0.1) is 19.8 Å². The zero-order valence-electron chi connectivity index (χ0n) is 12.6. The predicted molar refractivity (Wildman–Crippen MR) is 82.4 cm³/mol. The predicted octanol–water partition coefficient (Wildman–Crippen LogP) is 2.47. The second-order valence-electron chi connectivity index (χ2n) is 4.67. The van der Waals surface area contributed by atoms with E-state index in [9.17, 15) is 0 Å². The molecule has 1 aromatic carbocycles. The fourth-order valence-corrected chi connectivity index (χ4v) is 1.79. The van der Waals surface area contributed by atoms with Crippen molar-refractivity contribution < 1.29 is 14.6 Å². The van der Waals surface area contributed by atoms with Gasteiger partial charge in [-0.2, -0.15) is 0 Å². The summed E-state index contributed by atoms with van der Waals surface area (Å²) in [5.74, 6) is 1.51. The summed E-state index contributed by atoms with van der Waals surface area (Å²) in [6.07, 6.45) is 4.58. The molecule has 0 aliphatic heterocycles. The average molecular weight is 279 g/mol. The Morgan fingerprint density at radius 2 is 2.15 bits per heavy atom. The number of ether oxygens (including phenoxy) is 2. The number of hydrogen-bond acceptors (Lipinski definition) is 4. The Hall–Kier alpha value is -1.52. The zero-order valence-corrected chi connectivity index (χ0v) is 12.6. The molecular weight excluding hydrogens is 254 g/mol. The van der Waals surface area contributed by atoms with Crippen LogP contribution in [0.5, 0.6) is 11.5 Å². The highest BCUT2D eigenvalue weighted by molar-refractivity contribution is 5.55. The van der Waals surface area contributed by atoms with Crippen molar-refractivity contribution in [1.29, 1.82) is 0 Å². The molecular formula is C16H25NO3. The Kier molecular flexibility index (Phi) is 7.77. The van der Waals surface area contributed by atoms with Crippen LogP contribution in [0.1, 0.15) is 25.8 Å². The topological polar surface area (TPSA) is 50.7 Å². The molecule has 0 unspecified atom stereocenters. The van der Waals surface area contributed by atoms with Crippen molar-refractivity contribution in [2.75, 3.05) is 26.8 Å². The number of allylic oxidation sites excluding steroid dienone is 1. The van der Waals surface area contributed by atoms with E-state index in [4.69, 9.17) is 14.6 Å². The van der Waals surface area contributed by atoms with Crippen molar-refractivity contribution in [2.45, 2.75) is 26.4 Å². The van der Waals surface area contributed by atoms with Gasteiger partial charge in [0.1, 0.15) is 0 Å². The summed E-state index contributed by atoms with van der Waals surface area (Å²) in [6, 6.07) is 5.89. The molecule has 0 aromatic heterocycles. The van der Waals surface area contributed by atoms with Crippen LogP contribution >= 0.6 is 0 Å². The van der Waals surface area contributed by atoms with Gasteiger partial charge in [-0.05, 0) is 44.5 Å². The first kappa shape index (κ1) is 16.5. The van der Waals surface area contributed by atoms with Crippen LogP contribution < -0.4 is 14.8 Å². The standard InChI is InChI=1S/C16H25NO3/c1-4-6-14-7-8-15(16(11-14)19-3)20-10-5-9-17-12-13(2)18/h4,6-8,11,13,17-18H,5,9-10,12H2,1-3H3/b6-4+/t13-/m0/s1. The molecule has 2 N–H and O–H groups in total. The molecule has 1 rings (SSSR count). The number of benzene rings is 1. The van der Waals surface area contributed by atoms with Crippen molar-refractivity contribution in [3.05, 3.63) is 29.8 Å². The Morgan fingerprint density at radius 3 is 2.80 bits per heavy atom. The van der Waals surface area contributed by atoms with Crippen molar-refractivity contribution in [2.24, 2.45) is 0 Å². The Bertz CT molecular complexity index is 416. The Morgan fingerprint density at radius 1 is 1.35 bits per heavy atom. The number of aliphatic hydroxyl groups excluding tert-OH is 1. The van der Waals surface area contributed by atoms with E-state index in [0.717, 1.165) is 30.0 Å². The number of nitrogens with one attached hydrogen (secondary N) is 1. The minimum absolute atomic E-state index is 0.310. The summed E-state index contributed by atoms with van der Waals surface area (Å²) in [6.45, 7) is 5.80. The van der Waals surface area contributed by atoms with Gasteiger partial charge in [-0.3, -0.25) is 0 Å². The maximum absolute atomic E-state index is 9.11. The van der Waals surface area contributed by atoms with Gasteiger partial charge < -0.3 is 19.9 Å². The largest absolute Gasteiger partial charge is 0.493 e. The molecule has 1 aromatic rings. The van der Waals surface area contributed by atoms with E-state index < -0.39 is 0 Å². The Balaban J connectivity index is 2.39. The molecule has 20 heavy (non-hydrogen) atoms. The number of rotatable bonds is 9. The van der Waals surface area contributed by atoms with Gasteiger partial charge in [-0.15, -0.1) is 0 Å². The van der Waals surface area contributed by atoms with Gasteiger partial charge in [0.25, 0.3) is 0 Å². The van der Waals surface area contributed by atoms with Crippen molar-refractivity contribution in [3.8, 4) is 11.5 Å². The molecule has 0 aliphatic carbocycles. The van der Waals surface area contributed by atoms with Crippen LogP contribution in [-0.4, -0.2) is 38.0 Å². The molecule has 0 bridgehead atoms. The molecule has 0 saturated heterocycles. The lowest BCUT2D eigenvalue weighted by Crippen LogP contribution is -2.26. The van der Waals surface area contributed by atoms with E-state index in [1.54, 1.807) is 14.0 Å². The molecule has 0 saturated carbocycles. The van der Waals surface area contributed by atoms with Crippen molar-refractivity contribution in [1.82, 2.24) is 5.32 Å². The fraction of sp³-hybridized carbons (Fsp3) is 0.500. The van der Waals surface area contributed by atoms with E-state index in [0.29, 0.717) is 13.2 Å². The van der Waals surface area contributed by atoms with E-state index in [1.807, 2.05) is 37.3 Å². The van der Waals surface area contributed by atoms with Gasteiger partial charge in [0.2, 0.25) is 0 Å². The Labute approximate surface area is 121 Å². The molecule has 0 aliphatic rings. The van der Waals surface area contributed by atoms with E-state index >= 15 is 0 Å². The van der Waals surface area contributed by atoms with E-state index in [1.165, 1.54) is 0 Å². The summed E-state index contributed by atoms with van der Waals surface area (Å²) in [5, 5.41) is 12.3. The highest BCUT2D eigenvalue weighted by Crippen LogP contribution is 2.28. The highest BCUT2D eigenvalue weighted by atomic mass is 16.5. The SMILES string of the molecule is C/C=C/c1ccc(OCCCNC[C@H](C)O)c(OC)c1. The monoisotopic (exact) mass is 279 g/mol. The fourth-order valence-electron chi connectivity index (χ4n) is 1.79. The van der Waals surface area contributed by atoms with Crippen molar-refractivity contribution >= 4 is 6.08 Å². The van der Waals surface area contributed by atoms with Crippen LogP contribution in [0, 0.1) is 0 Å². The second-order valence-corrected chi connectivity index (χ2v) is 4.67. The number of hydrogen-bond donors (Lipinski definition) is 2. The summed E-state index contributed by atoms with van der Waals surface area (Å²) < 4.78 is 11.1. The minimum Gasteiger partial charge on any atom is -0.493 e. The highest BCUT2D eigenvalue weighted by Gasteiger charge is 2.04. The van der Waals surface area contributed by atoms with Crippen molar-refractivity contribution in [3.63, 3.8) is 0 Å². The van der Waals surface area contributed by atoms with Crippen LogP contribution in [0.15, 0.2) is 24.3 Å². The van der Waals surface area contributed by atoms with Crippen LogP contribution in [0.4, 0.5) is 0 Å². The second kappa shape index (κ2) is 9.39. The molecule has 0 fully saturated rings. The molecule has 4 nitrogen and oxygen atoms in total. The summed E-state index contributed by atoms with van der Waals surface area (Å²) in [7, 11) is 1.64. The van der Waals surface area contributed by atoms with Crippen LogP contribution in [0.3, 0.4) is 0 Å².